The molecule has 1 atom stereocenters. The summed E-state index contributed by atoms with van der Waals surface area (Å²) in [6.07, 6.45) is 1.86. The molecule has 1 aliphatic rings. The molecule has 0 radical (unpaired) electrons. The van der Waals surface area contributed by atoms with Gasteiger partial charge in [0, 0.05) is 36.6 Å². The summed E-state index contributed by atoms with van der Waals surface area (Å²) in [6.45, 7) is 5.13. The third-order valence-electron chi connectivity index (χ3n) is 4.65. The van der Waals surface area contributed by atoms with Crippen LogP contribution in [0.2, 0.25) is 0 Å². The van der Waals surface area contributed by atoms with Crippen molar-refractivity contribution in [1.82, 2.24) is 20.1 Å². The highest BCUT2D eigenvalue weighted by Crippen LogP contribution is 2.26. The number of morpholine rings is 1. The van der Waals surface area contributed by atoms with E-state index in [2.05, 4.69) is 32.2 Å². The van der Waals surface area contributed by atoms with Gasteiger partial charge in [0.2, 0.25) is 0 Å². The molecule has 3 aromatic rings. The first-order valence-electron chi connectivity index (χ1n) is 8.85. The van der Waals surface area contributed by atoms with E-state index in [9.17, 15) is 0 Å². The lowest BCUT2D eigenvalue weighted by Crippen LogP contribution is -2.38. The van der Waals surface area contributed by atoms with Crippen LogP contribution in [-0.4, -0.2) is 39.8 Å². The standard InChI is InChI=1S/C20H23N5O/c1-14-9-17(21)10-18(23-14)19-13-25(7-8-26-19)12-16-11-22-24-20(16)15-5-3-2-4-6-15/h2-6,9-11,19H,7-8,12-13H2,1H3,(H2,21,23)(H,22,24). The summed E-state index contributed by atoms with van der Waals surface area (Å²) in [6, 6.07) is 14.1. The first kappa shape index (κ1) is 16.8. The number of H-pyrrole nitrogens is 1. The van der Waals surface area contributed by atoms with Gasteiger partial charge in [-0.05, 0) is 24.6 Å². The van der Waals surface area contributed by atoms with Crippen LogP contribution < -0.4 is 5.73 Å². The Kier molecular flexibility index (Phi) is 4.69. The van der Waals surface area contributed by atoms with Gasteiger partial charge in [-0.1, -0.05) is 30.3 Å². The molecular weight excluding hydrogens is 326 g/mol. The number of nitrogens with two attached hydrogens (primary N) is 1. The number of anilines is 1. The Morgan fingerprint density at radius 3 is 2.92 bits per heavy atom. The number of aromatic amines is 1. The Labute approximate surface area is 153 Å². The fourth-order valence-corrected chi connectivity index (χ4v) is 3.44. The fourth-order valence-electron chi connectivity index (χ4n) is 3.44. The smallest absolute Gasteiger partial charge is 0.112 e. The molecule has 3 heterocycles. The lowest BCUT2D eigenvalue weighted by Gasteiger charge is -2.32. The summed E-state index contributed by atoms with van der Waals surface area (Å²) in [4.78, 5) is 6.98. The summed E-state index contributed by atoms with van der Waals surface area (Å²) in [5, 5.41) is 7.39. The highest BCUT2D eigenvalue weighted by atomic mass is 16.5. The number of hydrogen-bond donors (Lipinski definition) is 2. The van der Waals surface area contributed by atoms with E-state index in [1.165, 1.54) is 5.56 Å². The zero-order valence-electron chi connectivity index (χ0n) is 14.9. The summed E-state index contributed by atoms with van der Waals surface area (Å²) < 4.78 is 5.96. The molecule has 6 heteroatoms. The maximum atomic E-state index is 5.97. The number of ether oxygens (including phenoxy) is 1. The summed E-state index contributed by atoms with van der Waals surface area (Å²) in [7, 11) is 0. The Balaban J connectivity index is 1.50. The number of rotatable bonds is 4. The molecule has 0 amide bonds. The van der Waals surface area contributed by atoms with Gasteiger partial charge in [0.1, 0.15) is 6.10 Å². The first-order chi connectivity index (χ1) is 12.7. The van der Waals surface area contributed by atoms with Crippen LogP contribution in [0.15, 0.2) is 48.7 Å². The second-order valence-electron chi connectivity index (χ2n) is 6.70. The van der Waals surface area contributed by atoms with E-state index < -0.39 is 0 Å². The Bertz CT molecular complexity index is 857. The van der Waals surface area contributed by atoms with Crippen LogP contribution in [-0.2, 0) is 11.3 Å². The zero-order chi connectivity index (χ0) is 17.9. The zero-order valence-corrected chi connectivity index (χ0v) is 14.9. The molecule has 1 fully saturated rings. The SMILES string of the molecule is Cc1cc(N)cc(C2CN(Cc3cn[nH]c3-c3ccccc3)CCO2)n1. The lowest BCUT2D eigenvalue weighted by molar-refractivity contribution is -0.0349. The van der Waals surface area contributed by atoms with Crippen molar-refractivity contribution in [2.24, 2.45) is 0 Å². The van der Waals surface area contributed by atoms with Crippen LogP contribution in [0.3, 0.4) is 0 Å². The first-order valence-corrected chi connectivity index (χ1v) is 8.85. The van der Waals surface area contributed by atoms with Gasteiger partial charge in [-0.15, -0.1) is 0 Å². The summed E-state index contributed by atoms with van der Waals surface area (Å²) in [5.41, 5.74) is 11.9. The quantitative estimate of drug-likeness (QED) is 0.757. The number of nitrogen functional groups attached to an aromatic ring is 1. The molecular formula is C20H23N5O. The number of nitrogens with zero attached hydrogens (tertiary/aromatic N) is 3. The maximum absolute atomic E-state index is 5.97. The lowest BCUT2D eigenvalue weighted by atomic mass is 10.1. The van der Waals surface area contributed by atoms with Crippen LogP contribution in [0, 0.1) is 6.92 Å². The molecule has 26 heavy (non-hydrogen) atoms. The van der Waals surface area contributed by atoms with Crippen LogP contribution >= 0.6 is 0 Å². The molecule has 2 aromatic heterocycles. The average Bonchev–Trinajstić information content (AvgIpc) is 3.10. The summed E-state index contributed by atoms with van der Waals surface area (Å²) >= 11 is 0. The molecule has 4 rings (SSSR count). The van der Waals surface area contributed by atoms with Gasteiger partial charge in [0.25, 0.3) is 0 Å². The topological polar surface area (TPSA) is 80.1 Å². The molecule has 1 saturated heterocycles. The minimum absolute atomic E-state index is 0.0574. The predicted octanol–water partition coefficient (Wildman–Crippen LogP) is 2.94. The van der Waals surface area contributed by atoms with E-state index in [-0.39, 0.29) is 6.10 Å². The third-order valence-corrected chi connectivity index (χ3v) is 4.65. The van der Waals surface area contributed by atoms with Crippen LogP contribution in [0.4, 0.5) is 5.69 Å². The minimum atomic E-state index is -0.0574. The molecule has 1 unspecified atom stereocenters. The van der Waals surface area contributed by atoms with E-state index in [4.69, 9.17) is 10.5 Å². The number of aromatic nitrogens is 3. The minimum Gasteiger partial charge on any atom is -0.399 e. The molecule has 0 saturated carbocycles. The second kappa shape index (κ2) is 7.27. The number of hydrogen-bond acceptors (Lipinski definition) is 5. The van der Waals surface area contributed by atoms with Gasteiger partial charge in [-0.2, -0.15) is 5.10 Å². The van der Waals surface area contributed by atoms with Crippen molar-refractivity contribution in [2.45, 2.75) is 19.6 Å². The summed E-state index contributed by atoms with van der Waals surface area (Å²) in [5.74, 6) is 0. The van der Waals surface area contributed by atoms with Gasteiger partial charge in [0.05, 0.1) is 24.2 Å². The molecule has 0 aliphatic carbocycles. The van der Waals surface area contributed by atoms with Crippen LogP contribution in [0.1, 0.15) is 23.1 Å². The molecule has 1 aliphatic heterocycles. The Morgan fingerprint density at radius 2 is 2.12 bits per heavy atom. The average molecular weight is 349 g/mol. The normalized spacial score (nSPS) is 18.1. The Morgan fingerprint density at radius 1 is 1.27 bits per heavy atom. The fraction of sp³-hybridized carbons (Fsp3) is 0.300. The number of aryl methyl sites for hydroxylation is 1. The maximum Gasteiger partial charge on any atom is 0.112 e. The van der Waals surface area contributed by atoms with Crippen LogP contribution in [0.5, 0.6) is 0 Å². The molecule has 1 aromatic carbocycles. The molecule has 0 bridgehead atoms. The molecule has 3 N–H and O–H groups in total. The van der Waals surface area contributed by atoms with Crippen molar-refractivity contribution in [3.63, 3.8) is 0 Å². The van der Waals surface area contributed by atoms with E-state index in [1.807, 2.05) is 43.5 Å². The van der Waals surface area contributed by atoms with Crippen molar-refractivity contribution in [3.05, 3.63) is 65.6 Å². The monoisotopic (exact) mass is 349 g/mol. The van der Waals surface area contributed by atoms with Crippen molar-refractivity contribution < 1.29 is 4.74 Å². The van der Waals surface area contributed by atoms with E-state index >= 15 is 0 Å². The Hall–Kier alpha value is -2.70. The van der Waals surface area contributed by atoms with Crippen LogP contribution in [0.25, 0.3) is 11.3 Å². The van der Waals surface area contributed by atoms with Crippen molar-refractivity contribution in [2.75, 3.05) is 25.4 Å². The van der Waals surface area contributed by atoms with Gasteiger partial charge >= 0.3 is 0 Å². The third kappa shape index (κ3) is 3.61. The predicted molar refractivity (Wildman–Crippen MR) is 101 cm³/mol. The van der Waals surface area contributed by atoms with E-state index in [0.717, 1.165) is 48.0 Å². The molecule has 0 spiro atoms. The number of benzene rings is 1. The van der Waals surface area contributed by atoms with Gasteiger partial charge in [0.15, 0.2) is 0 Å². The van der Waals surface area contributed by atoms with E-state index in [0.29, 0.717) is 6.61 Å². The van der Waals surface area contributed by atoms with Gasteiger partial charge < -0.3 is 10.5 Å². The van der Waals surface area contributed by atoms with Gasteiger partial charge in [-0.3, -0.25) is 15.0 Å². The van der Waals surface area contributed by atoms with E-state index in [1.54, 1.807) is 0 Å². The highest BCUT2D eigenvalue weighted by molar-refractivity contribution is 5.62. The van der Waals surface area contributed by atoms with Crippen molar-refractivity contribution in [1.29, 1.82) is 0 Å². The highest BCUT2D eigenvalue weighted by Gasteiger charge is 2.24. The van der Waals surface area contributed by atoms with Crippen molar-refractivity contribution >= 4 is 5.69 Å². The van der Waals surface area contributed by atoms with Crippen molar-refractivity contribution in [3.8, 4) is 11.3 Å². The largest absolute Gasteiger partial charge is 0.399 e. The molecule has 134 valence electrons. The molecule has 6 nitrogen and oxygen atoms in total. The van der Waals surface area contributed by atoms with Gasteiger partial charge in [-0.25, -0.2) is 0 Å². The second-order valence-corrected chi connectivity index (χ2v) is 6.70. The number of pyridine rings is 1. The number of nitrogens with one attached hydrogen (secondary N) is 1.